The molecule has 378 valence electrons. The van der Waals surface area contributed by atoms with Gasteiger partial charge in [-0.05, 0) is 129 Å². The highest BCUT2D eigenvalue weighted by Gasteiger charge is 2.63. The normalized spacial score (nSPS) is 39.5. The number of hydrogen-bond acceptors (Lipinski definition) is 16. The number of fused-ring (bicyclic) bond motifs is 5. The Labute approximate surface area is 396 Å². The average molecular weight is 964 g/mol. The van der Waals surface area contributed by atoms with Crippen molar-refractivity contribution in [2.45, 2.75) is 160 Å². The fourth-order valence-electron chi connectivity index (χ4n) is 13.1. The third kappa shape index (κ3) is 11.7. The Morgan fingerprint density at radius 1 is 0.896 bits per heavy atom. The highest BCUT2D eigenvalue weighted by molar-refractivity contribution is 7.90. The Bertz CT molecular complexity index is 1980. The minimum absolute atomic E-state index is 0.0360. The predicted molar refractivity (Wildman–Crippen MR) is 246 cm³/mol. The summed E-state index contributed by atoms with van der Waals surface area (Å²) in [6.07, 6.45) is 1.10. The zero-order chi connectivity index (χ0) is 48.4. The molecule has 18 atom stereocenters. The summed E-state index contributed by atoms with van der Waals surface area (Å²) in [7, 11) is -1.54. The molecule has 2 saturated heterocycles. The smallest absolute Gasteiger partial charge is 0.338 e. The molecule has 5 N–H and O–H groups in total. The van der Waals surface area contributed by atoms with E-state index in [2.05, 4.69) is 39.1 Å². The van der Waals surface area contributed by atoms with Gasteiger partial charge in [-0.15, -0.1) is 0 Å². The lowest BCUT2D eigenvalue weighted by atomic mass is 9.47. The molecular formula is C50H77NO15S. The Morgan fingerprint density at radius 2 is 1.60 bits per heavy atom. The molecule has 0 aromatic heterocycles. The van der Waals surface area contributed by atoms with E-state index in [1.165, 1.54) is 38.0 Å². The maximum absolute atomic E-state index is 13.4. The van der Waals surface area contributed by atoms with Crippen molar-refractivity contribution < 1.29 is 71.6 Å². The highest BCUT2D eigenvalue weighted by Crippen LogP contribution is 2.68. The lowest BCUT2D eigenvalue weighted by molar-refractivity contribution is -0.340. The minimum atomic E-state index is -3.04. The first-order valence-corrected chi connectivity index (χ1v) is 26.6. The first kappa shape index (κ1) is 52.1. The van der Waals surface area contributed by atoms with Crippen LogP contribution in [-0.4, -0.2) is 148 Å². The molecule has 1 aromatic rings. The van der Waals surface area contributed by atoms with Crippen molar-refractivity contribution >= 4 is 21.8 Å². The van der Waals surface area contributed by atoms with Crippen LogP contribution in [0.15, 0.2) is 35.9 Å². The van der Waals surface area contributed by atoms with Crippen LogP contribution in [0.2, 0.25) is 0 Å². The first-order valence-electron chi connectivity index (χ1n) is 24.6. The summed E-state index contributed by atoms with van der Waals surface area (Å²) < 4.78 is 65.7. The van der Waals surface area contributed by atoms with Gasteiger partial charge in [0.25, 0.3) is 0 Å². The first-order chi connectivity index (χ1) is 31.7. The SMILES string of the molecule is COc1ccc(C(=O)O[C@@H]2C(O)[C@H](O)CO[C@H]2OC2[C@@H](OC(C)=O)[C@H](O[C@H]3C[C@H]4[C@@H]5CC=C6C[C@@H](O)CC[C@]6(C)[C@H]5CC[C@]4(C)[C@H]3[C@H](C)CCC[C@@H](C)CNCCS(C)(=O)=O)OC[C@@H]2O)cc1. The van der Waals surface area contributed by atoms with E-state index in [0.717, 1.165) is 70.8 Å². The Hall–Kier alpha value is -2.71. The van der Waals surface area contributed by atoms with Gasteiger partial charge in [-0.1, -0.05) is 52.2 Å². The number of esters is 2. The third-order valence-electron chi connectivity index (χ3n) is 16.6. The van der Waals surface area contributed by atoms with E-state index in [9.17, 15) is 38.4 Å². The molecule has 2 unspecified atom stereocenters. The zero-order valence-electron chi connectivity index (χ0n) is 40.4. The number of carbonyl (C=O) groups is 2. The number of nitrogens with one attached hydrogen (secondary N) is 1. The molecule has 6 aliphatic rings. The van der Waals surface area contributed by atoms with Gasteiger partial charge in [0, 0.05) is 19.7 Å². The largest absolute Gasteiger partial charge is 0.497 e. The monoisotopic (exact) mass is 964 g/mol. The second-order valence-electron chi connectivity index (χ2n) is 21.3. The van der Waals surface area contributed by atoms with Crippen LogP contribution in [0.25, 0.3) is 0 Å². The zero-order valence-corrected chi connectivity index (χ0v) is 41.2. The maximum Gasteiger partial charge on any atom is 0.338 e. The molecule has 0 spiro atoms. The molecule has 0 radical (unpaired) electrons. The van der Waals surface area contributed by atoms with Gasteiger partial charge >= 0.3 is 11.9 Å². The number of carbonyl (C=O) groups excluding carboxylic acids is 2. The number of allylic oxidation sites excluding steroid dienone is 1. The van der Waals surface area contributed by atoms with Gasteiger partial charge in [0.05, 0.1) is 43.8 Å². The van der Waals surface area contributed by atoms with Crippen molar-refractivity contribution in [1.29, 1.82) is 0 Å². The molecule has 7 rings (SSSR count). The molecule has 5 fully saturated rings. The van der Waals surface area contributed by atoms with Crippen LogP contribution < -0.4 is 10.1 Å². The second kappa shape index (κ2) is 21.7. The van der Waals surface area contributed by atoms with E-state index in [1.807, 2.05) is 0 Å². The topological polar surface area (TPSA) is 226 Å². The number of rotatable bonds is 18. The Morgan fingerprint density at radius 3 is 2.28 bits per heavy atom. The number of ether oxygens (including phenoxy) is 7. The van der Waals surface area contributed by atoms with E-state index in [4.69, 9.17) is 33.2 Å². The van der Waals surface area contributed by atoms with Crippen LogP contribution >= 0.6 is 0 Å². The van der Waals surface area contributed by atoms with Crippen LogP contribution in [0, 0.1) is 46.3 Å². The summed E-state index contributed by atoms with van der Waals surface area (Å²) in [5.41, 5.74) is 1.50. The summed E-state index contributed by atoms with van der Waals surface area (Å²) >= 11 is 0. The van der Waals surface area contributed by atoms with Gasteiger partial charge < -0.3 is 58.9 Å². The minimum Gasteiger partial charge on any atom is -0.497 e. The van der Waals surface area contributed by atoms with Crippen LogP contribution in [-0.2, 0) is 43.1 Å². The molecule has 2 heterocycles. The van der Waals surface area contributed by atoms with Gasteiger partial charge in [0.15, 0.2) is 24.8 Å². The molecule has 3 saturated carbocycles. The molecule has 0 bridgehead atoms. The number of benzene rings is 1. The van der Waals surface area contributed by atoms with Gasteiger partial charge in [0.1, 0.15) is 40.0 Å². The molecule has 16 nitrogen and oxygen atoms in total. The molecule has 2 aliphatic heterocycles. The van der Waals surface area contributed by atoms with Crippen LogP contribution in [0.5, 0.6) is 5.75 Å². The summed E-state index contributed by atoms with van der Waals surface area (Å²) in [6, 6.07) is 6.15. The van der Waals surface area contributed by atoms with Crippen molar-refractivity contribution in [2.24, 2.45) is 46.3 Å². The summed E-state index contributed by atoms with van der Waals surface area (Å²) in [5, 5.41) is 47.2. The lowest BCUT2D eigenvalue weighted by Gasteiger charge is -2.58. The average Bonchev–Trinajstić information content (AvgIpc) is 3.58. The highest BCUT2D eigenvalue weighted by atomic mass is 32.2. The molecule has 4 aliphatic carbocycles. The number of hydrogen-bond donors (Lipinski definition) is 5. The number of aliphatic hydroxyl groups is 4. The van der Waals surface area contributed by atoms with E-state index < -0.39 is 71.0 Å². The van der Waals surface area contributed by atoms with E-state index in [-0.39, 0.29) is 59.4 Å². The standard InChI is InChI=1S/C50H77NO15S/c1-28(25-51-21-22-67(7,58)59)9-8-10-29(2)41-40(24-37-35-16-13-32-23-33(53)17-19-49(32,4)36(35)18-20-50(37,41)5)64-48-45(63-30(3)52)43(39(55)27-62-48)66-47-44(42(56)38(54)26-61-47)65-46(57)31-11-14-34(60-6)15-12-31/h11-15,28-29,33,35-45,47-48,51,53-56H,8-10,16-27H2,1-7H3/t28-,29-,33+,35-,36+,37+,38-,39+,40+,41+,42?,43?,44-,45-,47+,48+,49+,50+/m1/s1. The van der Waals surface area contributed by atoms with Gasteiger partial charge in [-0.3, -0.25) is 4.79 Å². The fraction of sp³-hybridized carbons (Fsp3) is 0.800. The molecule has 67 heavy (non-hydrogen) atoms. The van der Waals surface area contributed by atoms with Gasteiger partial charge in [-0.25, -0.2) is 13.2 Å². The van der Waals surface area contributed by atoms with E-state index >= 15 is 0 Å². The van der Waals surface area contributed by atoms with Crippen molar-refractivity contribution in [3.8, 4) is 5.75 Å². The molecule has 0 amide bonds. The fourth-order valence-corrected chi connectivity index (χ4v) is 13.6. The molecule has 1 aromatic carbocycles. The number of sulfone groups is 1. The van der Waals surface area contributed by atoms with Gasteiger partial charge in [0.2, 0.25) is 0 Å². The van der Waals surface area contributed by atoms with E-state index in [0.29, 0.717) is 36.0 Å². The quantitative estimate of drug-likeness (QED) is 0.0784. The van der Waals surface area contributed by atoms with Crippen molar-refractivity contribution in [3.63, 3.8) is 0 Å². The summed E-state index contributed by atoms with van der Waals surface area (Å²) in [5.74, 6) is 1.04. The Kier molecular flexibility index (Phi) is 16.9. The maximum atomic E-state index is 13.4. The number of methoxy groups -OCH3 is 1. The van der Waals surface area contributed by atoms with Crippen molar-refractivity contribution in [3.05, 3.63) is 41.5 Å². The third-order valence-corrected chi connectivity index (χ3v) is 17.5. The van der Waals surface area contributed by atoms with Gasteiger partial charge in [-0.2, -0.15) is 0 Å². The predicted octanol–water partition coefficient (Wildman–Crippen LogP) is 4.34. The van der Waals surface area contributed by atoms with Crippen LogP contribution in [0.4, 0.5) is 0 Å². The van der Waals surface area contributed by atoms with E-state index in [1.54, 1.807) is 12.1 Å². The Balaban J connectivity index is 1.12. The summed E-state index contributed by atoms with van der Waals surface area (Å²) in [6.45, 7) is 11.2. The van der Waals surface area contributed by atoms with Crippen molar-refractivity contribution in [1.82, 2.24) is 5.32 Å². The summed E-state index contributed by atoms with van der Waals surface area (Å²) in [4.78, 5) is 26.2. The molecule has 17 heteroatoms. The molecular weight excluding hydrogens is 887 g/mol. The second-order valence-corrected chi connectivity index (χ2v) is 23.5. The number of aliphatic hydroxyl groups excluding tert-OH is 4. The lowest BCUT2D eigenvalue weighted by Crippen LogP contribution is -2.62. The van der Waals surface area contributed by atoms with Crippen LogP contribution in [0.3, 0.4) is 0 Å². The van der Waals surface area contributed by atoms with Crippen molar-refractivity contribution in [2.75, 3.05) is 45.4 Å². The van der Waals surface area contributed by atoms with Crippen LogP contribution in [0.1, 0.15) is 109 Å².